The maximum absolute atomic E-state index is 12.1. The summed E-state index contributed by atoms with van der Waals surface area (Å²) in [6.07, 6.45) is 1.56. The van der Waals surface area contributed by atoms with E-state index in [0.29, 0.717) is 19.4 Å². The summed E-state index contributed by atoms with van der Waals surface area (Å²) in [4.78, 5) is 12.1. The van der Waals surface area contributed by atoms with Crippen molar-refractivity contribution in [1.82, 2.24) is 5.32 Å². The van der Waals surface area contributed by atoms with Gasteiger partial charge in [0, 0.05) is 13.0 Å². The highest BCUT2D eigenvalue weighted by atomic mass is 16.6. The van der Waals surface area contributed by atoms with E-state index < -0.39 is 23.5 Å². The van der Waals surface area contributed by atoms with Gasteiger partial charge in [-0.2, -0.15) is 0 Å². The Labute approximate surface area is 128 Å². The summed E-state index contributed by atoms with van der Waals surface area (Å²) < 4.78 is 10.8. The van der Waals surface area contributed by atoms with Gasteiger partial charge in [-0.25, -0.2) is 0 Å². The summed E-state index contributed by atoms with van der Waals surface area (Å²) in [7, 11) is 0. The van der Waals surface area contributed by atoms with E-state index in [1.54, 1.807) is 6.08 Å². The number of hydrogen-bond donors (Lipinski definition) is 2. The van der Waals surface area contributed by atoms with Crippen LogP contribution in [0.4, 0.5) is 0 Å². The molecule has 2 atom stereocenters. The van der Waals surface area contributed by atoms with Gasteiger partial charge in [-0.1, -0.05) is 6.08 Å². The molecule has 0 rings (SSSR count). The molecule has 5 heteroatoms. The monoisotopic (exact) mass is 301 g/mol. The van der Waals surface area contributed by atoms with Crippen LogP contribution in [-0.4, -0.2) is 41.2 Å². The Kier molecular flexibility index (Phi) is 8.14. The fourth-order valence-electron chi connectivity index (χ4n) is 1.68. The van der Waals surface area contributed by atoms with Crippen LogP contribution in [0.5, 0.6) is 0 Å². The Balaban J connectivity index is 4.48. The van der Waals surface area contributed by atoms with Gasteiger partial charge >= 0.3 is 5.97 Å². The van der Waals surface area contributed by atoms with Crippen LogP contribution in [0, 0.1) is 0 Å². The third-order valence-corrected chi connectivity index (χ3v) is 2.39. The molecule has 0 amide bonds. The molecule has 5 nitrogen and oxygen atoms in total. The third kappa shape index (κ3) is 11.4. The summed E-state index contributed by atoms with van der Waals surface area (Å²) in [6, 6.07) is -0.486. The van der Waals surface area contributed by atoms with Crippen LogP contribution in [0.15, 0.2) is 12.7 Å². The minimum atomic E-state index is -0.902. The number of esters is 1. The lowest BCUT2D eigenvalue weighted by atomic mass is 10.1. The van der Waals surface area contributed by atoms with Gasteiger partial charge in [-0.3, -0.25) is 4.79 Å². The Morgan fingerprint density at radius 3 is 2.19 bits per heavy atom. The van der Waals surface area contributed by atoms with Crippen molar-refractivity contribution in [3.05, 3.63) is 12.7 Å². The summed E-state index contributed by atoms with van der Waals surface area (Å²) in [5, 5.41) is 12.9. The van der Waals surface area contributed by atoms with E-state index in [4.69, 9.17) is 9.47 Å². The molecule has 0 radical (unpaired) electrons. The molecule has 0 aliphatic heterocycles. The minimum Gasteiger partial charge on any atom is -0.459 e. The average Bonchev–Trinajstić information content (AvgIpc) is 2.24. The topological polar surface area (TPSA) is 67.8 Å². The van der Waals surface area contributed by atoms with Crippen LogP contribution in [0.1, 0.15) is 54.4 Å². The van der Waals surface area contributed by atoms with Gasteiger partial charge < -0.3 is 19.9 Å². The Morgan fingerprint density at radius 1 is 1.19 bits per heavy atom. The molecule has 0 aromatic carbocycles. The van der Waals surface area contributed by atoms with Crippen molar-refractivity contribution in [2.24, 2.45) is 0 Å². The lowest BCUT2D eigenvalue weighted by molar-refractivity contribution is -0.171. The minimum absolute atomic E-state index is 0.327. The largest absolute Gasteiger partial charge is 0.459 e. The van der Waals surface area contributed by atoms with Gasteiger partial charge in [-0.15, -0.1) is 6.58 Å². The van der Waals surface area contributed by atoms with Gasteiger partial charge in [0.05, 0.1) is 5.60 Å². The quantitative estimate of drug-likeness (QED) is 0.409. The van der Waals surface area contributed by atoms with Crippen molar-refractivity contribution in [2.45, 2.75) is 77.9 Å². The molecule has 0 aromatic heterocycles. The van der Waals surface area contributed by atoms with Gasteiger partial charge in [0.15, 0.2) is 6.29 Å². The average molecular weight is 301 g/mol. The van der Waals surface area contributed by atoms with Crippen LogP contribution in [0.2, 0.25) is 0 Å². The number of aliphatic hydroxyl groups excluding tert-OH is 1. The van der Waals surface area contributed by atoms with Crippen molar-refractivity contribution >= 4 is 5.97 Å². The number of ether oxygens (including phenoxy) is 2. The van der Waals surface area contributed by atoms with Gasteiger partial charge in [0.2, 0.25) is 0 Å². The standard InChI is InChI=1S/C16H31NO4/c1-8-11-17-12(14(19)21-16(5,6)7)9-10-13(18)20-15(2,3)4/h8,12-13,17-18H,1,9-11H2,2-7H3. The van der Waals surface area contributed by atoms with Crippen LogP contribution < -0.4 is 5.32 Å². The second-order valence-corrected chi connectivity index (χ2v) is 7.05. The van der Waals surface area contributed by atoms with E-state index >= 15 is 0 Å². The summed E-state index contributed by atoms with van der Waals surface area (Å²) in [5.74, 6) is -0.327. The molecule has 0 fully saturated rings. The van der Waals surface area contributed by atoms with Gasteiger partial charge in [0.1, 0.15) is 11.6 Å². The number of hydrogen-bond acceptors (Lipinski definition) is 5. The highest BCUT2D eigenvalue weighted by Crippen LogP contribution is 2.15. The fraction of sp³-hybridized carbons (Fsp3) is 0.812. The first kappa shape index (κ1) is 20.1. The van der Waals surface area contributed by atoms with Gasteiger partial charge in [0.25, 0.3) is 0 Å². The summed E-state index contributed by atoms with van der Waals surface area (Å²) in [5.41, 5.74) is -0.957. The van der Waals surface area contributed by atoms with Crippen LogP contribution >= 0.6 is 0 Å². The molecule has 0 spiro atoms. The maximum atomic E-state index is 12.1. The van der Waals surface area contributed by atoms with E-state index in [1.807, 2.05) is 41.5 Å². The zero-order valence-corrected chi connectivity index (χ0v) is 14.2. The van der Waals surface area contributed by atoms with Crippen LogP contribution in [-0.2, 0) is 14.3 Å². The lowest BCUT2D eigenvalue weighted by Crippen LogP contribution is -2.42. The fourth-order valence-corrected chi connectivity index (χ4v) is 1.68. The van der Waals surface area contributed by atoms with Crippen molar-refractivity contribution in [3.8, 4) is 0 Å². The first-order valence-corrected chi connectivity index (χ1v) is 7.37. The number of nitrogens with one attached hydrogen (secondary N) is 1. The molecule has 21 heavy (non-hydrogen) atoms. The van der Waals surface area contributed by atoms with E-state index in [-0.39, 0.29) is 5.97 Å². The van der Waals surface area contributed by atoms with Crippen molar-refractivity contribution in [3.63, 3.8) is 0 Å². The maximum Gasteiger partial charge on any atom is 0.323 e. The predicted octanol–water partition coefficient (Wildman–Crippen LogP) is 2.39. The molecule has 0 saturated carbocycles. The summed E-state index contributed by atoms with van der Waals surface area (Å²) >= 11 is 0. The number of carbonyl (C=O) groups is 1. The molecule has 0 saturated heterocycles. The van der Waals surface area contributed by atoms with Crippen LogP contribution in [0.25, 0.3) is 0 Å². The SMILES string of the molecule is C=CCNC(CCC(O)OC(C)(C)C)C(=O)OC(C)(C)C. The third-order valence-electron chi connectivity index (χ3n) is 2.39. The zero-order chi connectivity index (χ0) is 16.7. The second-order valence-electron chi connectivity index (χ2n) is 7.05. The first-order chi connectivity index (χ1) is 9.44. The molecule has 2 N–H and O–H groups in total. The number of carbonyl (C=O) groups excluding carboxylic acids is 1. The Bertz CT molecular complexity index is 328. The molecule has 0 bridgehead atoms. The Hall–Kier alpha value is -0.910. The number of aliphatic hydroxyl groups is 1. The van der Waals surface area contributed by atoms with Crippen LogP contribution in [0.3, 0.4) is 0 Å². The summed E-state index contributed by atoms with van der Waals surface area (Å²) in [6.45, 7) is 15.2. The van der Waals surface area contributed by atoms with Crippen molar-refractivity contribution in [2.75, 3.05) is 6.54 Å². The molecule has 124 valence electrons. The molecule has 2 unspecified atom stereocenters. The molecule has 0 aliphatic rings. The van der Waals surface area contributed by atoms with E-state index in [9.17, 15) is 9.90 Å². The highest BCUT2D eigenvalue weighted by Gasteiger charge is 2.26. The molecule has 0 aromatic rings. The van der Waals surface area contributed by atoms with E-state index in [1.165, 1.54) is 0 Å². The smallest absolute Gasteiger partial charge is 0.323 e. The number of rotatable bonds is 8. The molecule has 0 heterocycles. The van der Waals surface area contributed by atoms with Gasteiger partial charge in [-0.05, 0) is 48.0 Å². The normalized spacial score (nSPS) is 15.4. The highest BCUT2D eigenvalue weighted by molar-refractivity contribution is 5.76. The zero-order valence-electron chi connectivity index (χ0n) is 14.2. The van der Waals surface area contributed by atoms with Crippen molar-refractivity contribution in [1.29, 1.82) is 0 Å². The molecular formula is C16H31NO4. The molecule has 0 aliphatic carbocycles. The Morgan fingerprint density at radius 2 is 1.76 bits per heavy atom. The second kappa shape index (κ2) is 8.51. The van der Waals surface area contributed by atoms with E-state index in [0.717, 1.165) is 0 Å². The molecular weight excluding hydrogens is 270 g/mol. The van der Waals surface area contributed by atoms with E-state index in [2.05, 4.69) is 11.9 Å². The first-order valence-electron chi connectivity index (χ1n) is 7.37. The van der Waals surface area contributed by atoms with Crippen molar-refractivity contribution < 1.29 is 19.4 Å². The lowest BCUT2D eigenvalue weighted by Gasteiger charge is -2.27. The predicted molar refractivity (Wildman–Crippen MR) is 83.9 cm³/mol.